The summed E-state index contributed by atoms with van der Waals surface area (Å²) in [6.45, 7) is 1.08. The molecule has 0 atom stereocenters. The summed E-state index contributed by atoms with van der Waals surface area (Å²) in [7, 11) is 3.12. The summed E-state index contributed by atoms with van der Waals surface area (Å²) in [6, 6.07) is 11.5. The van der Waals surface area contributed by atoms with E-state index in [0.717, 1.165) is 11.1 Å². The summed E-state index contributed by atoms with van der Waals surface area (Å²) < 4.78 is 23.5. The lowest BCUT2D eigenvalue weighted by Gasteiger charge is -2.27. The maximum Gasteiger partial charge on any atom is 0.322 e. The van der Waals surface area contributed by atoms with Gasteiger partial charge in [-0.3, -0.25) is 0 Å². The number of rotatable bonds is 4. The first-order valence-corrected chi connectivity index (χ1v) is 8.33. The number of nitrogens with one attached hydrogen (secondary N) is 1. The molecule has 0 unspecified atom stereocenters. The predicted octanol–water partition coefficient (Wildman–Crippen LogP) is 4.16. The van der Waals surface area contributed by atoms with E-state index in [1.165, 1.54) is 12.1 Å². The molecule has 0 aliphatic carbocycles. The number of halogens is 1. The second-order valence-electron chi connectivity index (χ2n) is 5.93. The van der Waals surface area contributed by atoms with Gasteiger partial charge in [-0.25, -0.2) is 9.18 Å². The zero-order valence-electron chi connectivity index (χ0n) is 14.8. The Labute approximate surface area is 152 Å². The molecule has 1 N–H and O–H groups in total. The molecule has 26 heavy (non-hydrogen) atoms. The van der Waals surface area contributed by atoms with Crippen molar-refractivity contribution in [2.45, 2.75) is 6.42 Å². The second-order valence-corrected chi connectivity index (χ2v) is 5.93. The molecule has 2 amide bonds. The van der Waals surface area contributed by atoms with Crippen molar-refractivity contribution in [3.05, 3.63) is 59.9 Å². The summed E-state index contributed by atoms with van der Waals surface area (Å²) in [5.41, 5.74) is 2.67. The van der Waals surface area contributed by atoms with Crippen LogP contribution in [0.5, 0.6) is 11.5 Å². The molecule has 6 heteroatoms. The van der Waals surface area contributed by atoms with Crippen LogP contribution in [0, 0.1) is 5.82 Å². The molecule has 3 rings (SSSR count). The molecule has 0 saturated heterocycles. The van der Waals surface area contributed by atoms with Crippen LogP contribution in [0.3, 0.4) is 0 Å². The van der Waals surface area contributed by atoms with Crippen LogP contribution in [-0.2, 0) is 0 Å². The standard InChI is InChI=1S/C20H21FN2O3/c1-25-17-7-8-19(26-2)18(13-17)22-20(24)23-11-9-15(10-12-23)14-3-5-16(21)6-4-14/h3-9,13H,10-12H2,1-2H3,(H,22,24). The van der Waals surface area contributed by atoms with Crippen LogP contribution in [0.25, 0.3) is 5.57 Å². The van der Waals surface area contributed by atoms with Crippen molar-refractivity contribution in [1.82, 2.24) is 4.90 Å². The van der Waals surface area contributed by atoms with Crippen LogP contribution in [-0.4, -0.2) is 38.2 Å². The Balaban J connectivity index is 1.68. The quantitative estimate of drug-likeness (QED) is 0.895. The number of nitrogens with zero attached hydrogens (tertiary/aromatic N) is 1. The van der Waals surface area contributed by atoms with Gasteiger partial charge in [0, 0.05) is 19.2 Å². The van der Waals surface area contributed by atoms with Gasteiger partial charge in [-0.1, -0.05) is 18.2 Å². The van der Waals surface area contributed by atoms with E-state index in [1.807, 2.05) is 6.08 Å². The van der Waals surface area contributed by atoms with Gasteiger partial charge in [0.05, 0.1) is 19.9 Å². The highest BCUT2D eigenvalue weighted by molar-refractivity contribution is 5.92. The number of carbonyl (C=O) groups excluding carboxylic acids is 1. The zero-order chi connectivity index (χ0) is 18.5. The van der Waals surface area contributed by atoms with Gasteiger partial charge in [-0.15, -0.1) is 0 Å². The fraction of sp³-hybridized carbons (Fsp3) is 0.250. The van der Waals surface area contributed by atoms with Gasteiger partial charge in [0.2, 0.25) is 0 Å². The molecule has 0 aromatic heterocycles. The number of urea groups is 1. The van der Waals surface area contributed by atoms with E-state index < -0.39 is 0 Å². The number of methoxy groups -OCH3 is 2. The van der Waals surface area contributed by atoms with E-state index in [0.29, 0.717) is 36.7 Å². The lowest BCUT2D eigenvalue weighted by atomic mass is 10.00. The molecule has 2 aromatic carbocycles. The molecule has 1 heterocycles. The smallest absolute Gasteiger partial charge is 0.322 e. The van der Waals surface area contributed by atoms with E-state index >= 15 is 0 Å². The Kier molecular flexibility index (Phi) is 5.41. The molecule has 0 fully saturated rings. The third-order valence-electron chi connectivity index (χ3n) is 4.36. The summed E-state index contributed by atoms with van der Waals surface area (Å²) in [5, 5.41) is 2.87. The monoisotopic (exact) mass is 356 g/mol. The van der Waals surface area contributed by atoms with Crippen molar-refractivity contribution in [3.63, 3.8) is 0 Å². The largest absolute Gasteiger partial charge is 0.497 e. The van der Waals surface area contributed by atoms with Crippen LogP contribution < -0.4 is 14.8 Å². The van der Waals surface area contributed by atoms with Crippen LogP contribution in [0.1, 0.15) is 12.0 Å². The van der Waals surface area contributed by atoms with Gasteiger partial charge in [0.15, 0.2) is 0 Å². The van der Waals surface area contributed by atoms with Crippen molar-refractivity contribution in [2.75, 3.05) is 32.6 Å². The van der Waals surface area contributed by atoms with Gasteiger partial charge in [-0.05, 0) is 41.8 Å². The Morgan fingerprint density at radius 1 is 1.12 bits per heavy atom. The summed E-state index contributed by atoms with van der Waals surface area (Å²) >= 11 is 0. The maximum atomic E-state index is 13.0. The van der Waals surface area contributed by atoms with Crippen molar-refractivity contribution in [1.29, 1.82) is 0 Å². The lowest BCUT2D eigenvalue weighted by molar-refractivity contribution is 0.217. The van der Waals surface area contributed by atoms with Gasteiger partial charge >= 0.3 is 6.03 Å². The average Bonchev–Trinajstić information content (AvgIpc) is 2.68. The summed E-state index contributed by atoms with van der Waals surface area (Å²) in [5.74, 6) is 0.954. The normalized spacial score (nSPS) is 13.8. The number of hydrogen-bond donors (Lipinski definition) is 1. The van der Waals surface area contributed by atoms with Crippen molar-refractivity contribution in [3.8, 4) is 11.5 Å². The van der Waals surface area contributed by atoms with E-state index in [1.54, 1.807) is 49.5 Å². The van der Waals surface area contributed by atoms with Crippen molar-refractivity contribution in [2.24, 2.45) is 0 Å². The minimum atomic E-state index is -0.251. The number of anilines is 1. The van der Waals surface area contributed by atoms with Crippen molar-refractivity contribution < 1.29 is 18.7 Å². The van der Waals surface area contributed by atoms with Crippen molar-refractivity contribution >= 4 is 17.3 Å². The molecule has 2 aromatic rings. The third-order valence-corrected chi connectivity index (χ3v) is 4.36. The van der Waals surface area contributed by atoms with E-state index in [2.05, 4.69) is 5.32 Å². The molecule has 5 nitrogen and oxygen atoms in total. The Hall–Kier alpha value is -3.02. The van der Waals surface area contributed by atoms with Gasteiger partial charge in [-0.2, -0.15) is 0 Å². The number of hydrogen-bond acceptors (Lipinski definition) is 3. The molecule has 0 spiro atoms. The molecule has 0 radical (unpaired) electrons. The van der Waals surface area contributed by atoms with E-state index in [-0.39, 0.29) is 11.8 Å². The van der Waals surface area contributed by atoms with E-state index in [4.69, 9.17) is 9.47 Å². The minimum Gasteiger partial charge on any atom is -0.497 e. The van der Waals surface area contributed by atoms with Crippen LogP contribution >= 0.6 is 0 Å². The SMILES string of the molecule is COc1ccc(OC)c(NC(=O)N2CC=C(c3ccc(F)cc3)CC2)c1. The van der Waals surface area contributed by atoms with Gasteiger partial charge < -0.3 is 19.7 Å². The average molecular weight is 356 g/mol. The number of benzene rings is 2. The lowest BCUT2D eigenvalue weighted by Crippen LogP contribution is -2.38. The summed E-state index contributed by atoms with van der Waals surface area (Å²) in [4.78, 5) is 14.3. The molecule has 1 aliphatic rings. The Morgan fingerprint density at radius 2 is 1.88 bits per heavy atom. The maximum absolute atomic E-state index is 13.0. The topological polar surface area (TPSA) is 50.8 Å². The highest BCUT2D eigenvalue weighted by atomic mass is 19.1. The van der Waals surface area contributed by atoms with Crippen LogP contribution in [0.2, 0.25) is 0 Å². The van der Waals surface area contributed by atoms with E-state index in [9.17, 15) is 9.18 Å². The third kappa shape index (κ3) is 3.96. The van der Waals surface area contributed by atoms with Crippen LogP contribution in [0.15, 0.2) is 48.5 Å². The zero-order valence-corrected chi connectivity index (χ0v) is 14.8. The Morgan fingerprint density at radius 3 is 2.50 bits per heavy atom. The van der Waals surface area contributed by atoms with Crippen LogP contribution in [0.4, 0.5) is 14.9 Å². The highest BCUT2D eigenvalue weighted by Gasteiger charge is 2.19. The first-order valence-electron chi connectivity index (χ1n) is 8.33. The fourth-order valence-electron chi connectivity index (χ4n) is 2.89. The second kappa shape index (κ2) is 7.91. The fourth-order valence-corrected chi connectivity index (χ4v) is 2.89. The molecular weight excluding hydrogens is 335 g/mol. The number of ether oxygens (including phenoxy) is 2. The first kappa shape index (κ1) is 17.8. The molecule has 1 aliphatic heterocycles. The summed E-state index contributed by atoms with van der Waals surface area (Å²) in [6.07, 6.45) is 2.72. The predicted molar refractivity (Wildman–Crippen MR) is 99.1 cm³/mol. The molecule has 0 bridgehead atoms. The highest BCUT2D eigenvalue weighted by Crippen LogP contribution is 2.29. The molecule has 136 valence electrons. The number of carbonyl (C=O) groups is 1. The number of amides is 2. The van der Waals surface area contributed by atoms with Gasteiger partial charge in [0.25, 0.3) is 0 Å². The molecule has 0 saturated carbocycles. The molecular formula is C20H21FN2O3. The first-order chi connectivity index (χ1) is 12.6. The Bertz CT molecular complexity index is 818. The van der Waals surface area contributed by atoms with Gasteiger partial charge in [0.1, 0.15) is 17.3 Å². The minimum absolute atomic E-state index is 0.203.